The smallest absolute Gasteiger partial charge is 0.234 e. The van der Waals surface area contributed by atoms with Gasteiger partial charge in [-0.2, -0.15) is 0 Å². The summed E-state index contributed by atoms with van der Waals surface area (Å²) in [7, 11) is 0. The zero-order valence-electron chi connectivity index (χ0n) is 16.7. The van der Waals surface area contributed by atoms with Gasteiger partial charge in [-0.05, 0) is 24.3 Å². The fourth-order valence-corrected chi connectivity index (χ4v) is 3.99. The number of aromatic nitrogens is 2. The molecule has 6 nitrogen and oxygen atoms in total. The molecule has 0 atom stereocenters. The largest absolute Gasteiger partial charge is 0.368 e. The Balaban J connectivity index is 1.30. The number of halogens is 2. The van der Waals surface area contributed by atoms with E-state index in [4.69, 9.17) is 0 Å². The average molecular weight is 442 g/mol. The van der Waals surface area contributed by atoms with Crippen LogP contribution in [0.15, 0.2) is 66.0 Å². The molecule has 1 fully saturated rings. The molecule has 1 aliphatic heterocycles. The first-order chi connectivity index (χ1) is 15.1. The summed E-state index contributed by atoms with van der Waals surface area (Å²) < 4.78 is 26.3. The molecule has 2 heterocycles. The van der Waals surface area contributed by atoms with Crippen molar-refractivity contribution in [3.63, 3.8) is 0 Å². The third kappa shape index (κ3) is 5.49. The minimum Gasteiger partial charge on any atom is -0.368 e. The molecule has 0 unspecified atom stereocenters. The second kappa shape index (κ2) is 9.74. The molecule has 1 amide bonds. The first kappa shape index (κ1) is 21.0. The number of carbonyl (C=O) groups excluding carboxylic acids is 1. The second-order valence-electron chi connectivity index (χ2n) is 6.99. The lowest BCUT2D eigenvalue weighted by Gasteiger charge is -2.36. The van der Waals surface area contributed by atoms with E-state index in [1.54, 1.807) is 0 Å². The summed E-state index contributed by atoms with van der Waals surface area (Å²) in [5, 5.41) is 3.23. The van der Waals surface area contributed by atoms with E-state index >= 15 is 0 Å². The van der Waals surface area contributed by atoms with Gasteiger partial charge in [-0.1, -0.05) is 30.0 Å². The van der Waals surface area contributed by atoms with Crippen LogP contribution in [0, 0.1) is 11.6 Å². The number of rotatable bonds is 6. The van der Waals surface area contributed by atoms with Crippen LogP contribution < -0.4 is 15.1 Å². The van der Waals surface area contributed by atoms with Gasteiger partial charge in [0.05, 0.1) is 5.75 Å². The van der Waals surface area contributed by atoms with E-state index in [0.29, 0.717) is 5.03 Å². The van der Waals surface area contributed by atoms with Gasteiger partial charge in [0.1, 0.15) is 17.2 Å². The van der Waals surface area contributed by atoms with Gasteiger partial charge in [0, 0.05) is 49.7 Å². The lowest BCUT2D eigenvalue weighted by molar-refractivity contribution is -0.113. The Morgan fingerprint density at radius 1 is 0.935 bits per heavy atom. The van der Waals surface area contributed by atoms with Crippen molar-refractivity contribution in [2.45, 2.75) is 5.03 Å². The fraction of sp³-hybridized carbons (Fsp3) is 0.227. The molecule has 0 aliphatic carbocycles. The van der Waals surface area contributed by atoms with Crippen LogP contribution in [0.1, 0.15) is 0 Å². The fourth-order valence-electron chi connectivity index (χ4n) is 3.32. The lowest BCUT2D eigenvalue weighted by atomic mass is 10.2. The van der Waals surface area contributed by atoms with Crippen LogP contribution >= 0.6 is 11.8 Å². The van der Waals surface area contributed by atoms with E-state index in [0.717, 1.165) is 44.1 Å². The molecule has 160 valence electrons. The molecule has 0 bridgehead atoms. The monoisotopic (exact) mass is 441 g/mol. The SMILES string of the molecule is O=C(CSc1cc(N2CCN(c3ccccc3)CC2)ncn1)Nc1ccc(F)c(F)c1. The Labute approximate surface area is 183 Å². The molecule has 1 saturated heterocycles. The van der Waals surface area contributed by atoms with E-state index in [-0.39, 0.29) is 17.3 Å². The number of para-hydroxylation sites is 1. The third-order valence-corrected chi connectivity index (χ3v) is 5.83. The average Bonchev–Trinajstić information content (AvgIpc) is 2.81. The lowest BCUT2D eigenvalue weighted by Crippen LogP contribution is -2.46. The maximum Gasteiger partial charge on any atom is 0.234 e. The Bertz CT molecular complexity index is 1050. The number of hydrogen-bond acceptors (Lipinski definition) is 6. The van der Waals surface area contributed by atoms with Crippen LogP contribution in [-0.2, 0) is 4.79 Å². The van der Waals surface area contributed by atoms with Gasteiger partial charge in [0.25, 0.3) is 0 Å². The summed E-state index contributed by atoms with van der Waals surface area (Å²) in [6.45, 7) is 3.47. The van der Waals surface area contributed by atoms with Crippen molar-refractivity contribution in [3.8, 4) is 0 Å². The summed E-state index contributed by atoms with van der Waals surface area (Å²) in [5.41, 5.74) is 1.43. The number of nitrogens with zero attached hydrogens (tertiary/aromatic N) is 4. The van der Waals surface area contributed by atoms with Crippen molar-refractivity contribution in [2.75, 3.05) is 47.0 Å². The van der Waals surface area contributed by atoms with Crippen molar-refractivity contribution in [1.29, 1.82) is 0 Å². The van der Waals surface area contributed by atoms with Gasteiger partial charge in [-0.3, -0.25) is 4.79 Å². The van der Waals surface area contributed by atoms with E-state index in [1.807, 2.05) is 24.3 Å². The topological polar surface area (TPSA) is 61.4 Å². The van der Waals surface area contributed by atoms with Gasteiger partial charge in [0.15, 0.2) is 11.6 Å². The molecule has 1 N–H and O–H groups in total. The highest BCUT2D eigenvalue weighted by atomic mass is 32.2. The second-order valence-corrected chi connectivity index (χ2v) is 7.99. The number of hydrogen-bond donors (Lipinski definition) is 1. The number of carbonyl (C=O) groups is 1. The summed E-state index contributed by atoms with van der Waals surface area (Å²) in [6.07, 6.45) is 1.49. The van der Waals surface area contributed by atoms with Crippen LogP contribution in [0.2, 0.25) is 0 Å². The van der Waals surface area contributed by atoms with E-state index < -0.39 is 11.6 Å². The molecule has 0 spiro atoms. The number of benzene rings is 2. The minimum atomic E-state index is -1.00. The number of amides is 1. The van der Waals surface area contributed by atoms with Crippen LogP contribution in [0.4, 0.5) is 26.0 Å². The van der Waals surface area contributed by atoms with Gasteiger partial charge >= 0.3 is 0 Å². The Kier molecular flexibility index (Phi) is 6.61. The van der Waals surface area contributed by atoms with Crippen LogP contribution in [0.3, 0.4) is 0 Å². The minimum absolute atomic E-state index is 0.0945. The summed E-state index contributed by atoms with van der Waals surface area (Å²) in [6, 6.07) is 15.4. The Hall–Kier alpha value is -3.20. The van der Waals surface area contributed by atoms with Crippen LogP contribution in [0.5, 0.6) is 0 Å². The summed E-state index contributed by atoms with van der Waals surface area (Å²) in [4.78, 5) is 25.3. The van der Waals surface area contributed by atoms with Crippen molar-refractivity contribution in [3.05, 3.63) is 72.6 Å². The maximum absolute atomic E-state index is 13.3. The maximum atomic E-state index is 13.3. The summed E-state index contributed by atoms with van der Waals surface area (Å²) in [5.74, 6) is -1.36. The van der Waals surface area contributed by atoms with E-state index in [9.17, 15) is 13.6 Å². The number of thioether (sulfide) groups is 1. The molecule has 2 aromatic carbocycles. The molecule has 0 saturated carbocycles. The van der Waals surface area contributed by atoms with E-state index in [2.05, 4.69) is 37.2 Å². The van der Waals surface area contributed by atoms with Crippen molar-refractivity contribution < 1.29 is 13.6 Å². The van der Waals surface area contributed by atoms with Crippen LogP contribution in [0.25, 0.3) is 0 Å². The molecular weight excluding hydrogens is 420 g/mol. The first-order valence-corrected chi connectivity index (χ1v) is 10.8. The Morgan fingerprint density at radius 3 is 2.42 bits per heavy atom. The molecular formula is C22H21F2N5OS. The molecule has 3 aromatic rings. The highest BCUT2D eigenvalue weighted by molar-refractivity contribution is 7.99. The molecule has 0 radical (unpaired) electrons. The highest BCUT2D eigenvalue weighted by Gasteiger charge is 2.19. The van der Waals surface area contributed by atoms with Crippen molar-refractivity contribution in [2.24, 2.45) is 0 Å². The van der Waals surface area contributed by atoms with Gasteiger partial charge < -0.3 is 15.1 Å². The van der Waals surface area contributed by atoms with Crippen molar-refractivity contribution in [1.82, 2.24) is 9.97 Å². The molecule has 1 aliphatic rings. The predicted octanol–water partition coefficient (Wildman–Crippen LogP) is 3.81. The zero-order chi connectivity index (χ0) is 21.6. The van der Waals surface area contributed by atoms with Crippen LogP contribution in [-0.4, -0.2) is 47.8 Å². The number of piperazine rings is 1. The van der Waals surface area contributed by atoms with Gasteiger partial charge in [0.2, 0.25) is 5.91 Å². The standard InChI is InChI=1S/C22H21F2N5OS/c23-18-7-6-16(12-19(18)24)27-21(30)14-31-22-13-20(25-15-26-22)29-10-8-28(9-11-29)17-4-2-1-3-5-17/h1-7,12-13,15H,8-11,14H2,(H,27,30). The predicted molar refractivity (Wildman–Crippen MR) is 119 cm³/mol. The third-order valence-electron chi connectivity index (χ3n) is 4.91. The van der Waals surface area contributed by atoms with Gasteiger partial charge in [-0.25, -0.2) is 18.7 Å². The van der Waals surface area contributed by atoms with Crippen molar-refractivity contribution >= 4 is 34.9 Å². The Morgan fingerprint density at radius 2 is 1.68 bits per heavy atom. The summed E-state index contributed by atoms with van der Waals surface area (Å²) >= 11 is 1.26. The normalized spacial score (nSPS) is 13.9. The quantitative estimate of drug-likeness (QED) is 0.464. The first-order valence-electron chi connectivity index (χ1n) is 9.83. The van der Waals surface area contributed by atoms with E-state index in [1.165, 1.54) is 29.8 Å². The van der Waals surface area contributed by atoms with Gasteiger partial charge in [-0.15, -0.1) is 0 Å². The zero-order valence-corrected chi connectivity index (χ0v) is 17.5. The number of anilines is 3. The molecule has 9 heteroatoms. The number of nitrogens with one attached hydrogen (secondary N) is 1. The highest BCUT2D eigenvalue weighted by Crippen LogP contribution is 2.23. The molecule has 31 heavy (non-hydrogen) atoms. The molecule has 1 aromatic heterocycles. The molecule has 4 rings (SSSR count).